The van der Waals surface area contributed by atoms with Crippen LogP contribution < -0.4 is 5.32 Å². The van der Waals surface area contributed by atoms with Crippen LogP contribution >= 0.6 is 12.2 Å². The van der Waals surface area contributed by atoms with Crippen molar-refractivity contribution in [3.8, 4) is 0 Å². The van der Waals surface area contributed by atoms with Crippen LogP contribution in [0.3, 0.4) is 0 Å². The molecule has 2 aliphatic rings. The topological polar surface area (TPSA) is 30.9 Å². The van der Waals surface area contributed by atoms with E-state index in [9.17, 15) is 0 Å². The third kappa shape index (κ3) is 0.952. The fourth-order valence-electron chi connectivity index (χ4n) is 1.51. The quantitative estimate of drug-likeness (QED) is 0.437. The maximum atomic E-state index is 5.19. The van der Waals surface area contributed by atoms with Crippen LogP contribution in [0.5, 0.6) is 0 Å². The summed E-state index contributed by atoms with van der Waals surface area (Å²) in [5.74, 6) is 0. The van der Waals surface area contributed by atoms with Crippen molar-refractivity contribution >= 4 is 38.1 Å². The van der Waals surface area contributed by atoms with Crippen LogP contribution in [0.2, 0.25) is 0 Å². The summed E-state index contributed by atoms with van der Waals surface area (Å²) in [5.41, 5.74) is 0. The molecule has 0 aromatic carbocycles. The predicted octanol–water partition coefficient (Wildman–Crippen LogP) is -1.07. The Labute approximate surface area is 84.8 Å². The number of hydrogen-bond donors (Lipinski definition) is 1. The van der Waals surface area contributed by atoms with Crippen LogP contribution in [-0.4, -0.2) is 62.1 Å². The molecule has 2 atom stereocenters. The molecule has 2 aliphatic heterocycles. The molecule has 0 unspecified atom stereocenters. The van der Waals surface area contributed by atoms with Gasteiger partial charge in [-0.25, -0.2) is 0 Å². The summed E-state index contributed by atoms with van der Waals surface area (Å²) in [6.45, 7) is 0. The van der Waals surface area contributed by atoms with Gasteiger partial charge in [0.05, 0.1) is 0 Å². The van der Waals surface area contributed by atoms with Gasteiger partial charge in [-0.3, -0.25) is 0 Å². The van der Waals surface area contributed by atoms with Gasteiger partial charge < -0.3 is 0 Å². The summed E-state index contributed by atoms with van der Waals surface area (Å²) in [5, 5.41) is 4.06. The van der Waals surface area contributed by atoms with Gasteiger partial charge >= 0.3 is 84.6 Å². The second-order valence-corrected chi connectivity index (χ2v) is 4.12. The van der Waals surface area contributed by atoms with Crippen molar-refractivity contribution in [2.45, 2.75) is 12.3 Å². The molecular weight excluding hydrogens is 239 g/mol. The summed E-state index contributed by atoms with van der Waals surface area (Å²) in [6.07, 6.45) is 0.345. The van der Waals surface area contributed by atoms with Crippen LogP contribution in [-0.2, 0) is 0 Å². The minimum absolute atomic E-state index is 0.138. The second kappa shape index (κ2) is 2.58. The van der Waals surface area contributed by atoms with E-state index in [2.05, 4.69) is 26.3 Å². The third-order valence-corrected chi connectivity index (χ3v) is 3.27. The number of hydrogen-bond acceptors (Lipinski definition) is 3. The van der Waals surface area contributed by atoms with Gasteiger partial charge in [-0.2, -0.15) is 0 Å². The molecular formula is C6H9N4SSe. The fraction of sp³-hybridized carbons (Fsp3) is 0.667. The fourth-order valence-corrected chi connectivity index (χ4v) is 2.21. The Kier molecular flexibility index (Phi) is 1.78. The maximum absolute atomic E-state index is 5.19. The summed E-state index contributed by atoms with van der Waals surface area (Å²) in [4.78, 5) is 8.40. The van der Waals surface area contributed by atoms with Crippen molar-refractivity contribution in [1.82, 2.24) is 15.1 Å². The molecule has 0 saturated carbocycles. The molecule has 0 amide bonds. The number of fused-ring (bicyclic) bond motifs is 1. The molecule has 0 bridgehead atoms. The number of likely N-dealkylation sites (N-methyl/N-ethyl adjacent to an activating group) is 2. The number of thiocarbonyl (C=S) groups is 1. The van der Waals surface area contributed by atoms with Gasteiger partial charge in [-0.05, 0) is 0 Å². The summed E-state index contributed by atoms with van der Waals surface area (Å²) >= 11 is 8.06. The Bertz CT molecular complexity index is 266. The summed E-state index contributed by atoms with van der Waals surface area (Å²) < 4.78 is 0.867. The Morgan fingerprint density at radius 1 is 1.50 bits per heavy atom. The van der Waals surface area contributed by atoms with Gasteiger partial charge in [-0.15, -0.1) is 0 Å². The second-order valence-electron chi connectivity index (χ2n) is 2.94. The molecule has 1 N–H and O–H groups in total. The minimum atomic E-state index is 0.138. The third-order valence-electron chi connectivity index (χ3n) is 2.22. The Morgan fingerprint density at radius 3 is 2.75 bits per heavy atom. The van der Waals surface area contributed by atoms with E-state index in [-0.39, 0.29) is 12.3 Å². The monoisotopic (exact) mass is 249 g/mol. The predicted molar refractivity (Wildman–Crippen MR) is 52.0 cm³/mol. The zero-order valence-corrected chi connectivity index (χ0v) is 9.34. The van der Waals surface area contributed by atoms with E-state index in [1.807, 2.05) is 23.9 Å². The summed E-state index contributed by atoms with van der Waals surface area (Å²) in [6, 6.07) is 0. The van der Waals surface area contributed by atoms with Crippen LogP contribution in [0.15, 0.2) is 4.99 Å². The summed E-state index contributed by atoms with van der Waals surface area (Å²) in [7, 11) is 3.94. The number of aliphatic imine (C=N–C) groups is 1. The van der Waals surface area contributed by atoms with E-state index in [0.717, 1.165) is 9.85 Å². The first kappa shape index (κ1) is 8.29. The van der Waals surface area contributed by atoms with Gasteiger partial charge in [0, 0.05) is 0 Å². The van der Waals surface area contributed by atoms with Crippen molar-refractivity contribution in [2.75, 3.05) is 14.1 Å². The first-order valence-corrected chi connectivity index (χ1v) is 4.88. The molecule has 1 fully saturated rings. The Hall–Kier alpha value is -0.321. The molecule has 1 radical (unpaired) electrons. The van der Waals surface area contributed by atoms with Gasteiger partial charge in [0.1, 0.15) is 0 Å². The van der Waals surface area contributed by atoms with Gasteiger partial charge in [0.25, 0.3) is 0 Å². The van der Waals surface area contributed by atoms with Crippen molar-refractivity contribution in [2.24, 2.45) is 4.99 Å². The SMILES string of the molecule is CN1C(=S)N(C)[C@H]2NC([Se])=N[C@H]21. The van der Waals surface area contributed by atoms with Crippen molar-refractivity contribution in [3.63, 3.8) is 0 Å². The molecule has 2 heterocycles. The van der Waals surface area contributed by atoms with E-state index in [0.29, 0.717) is 0 Å². The molecule has 12 heavy (non-hydrogen) atoms. The normalized spacial score (nSPS) is 33.5. The zero-order chi connectivity index (χ0) is 8.88. The molecule has 0 aromatic rings. The first-order chi connectivity index (χ1) is 5.61. The van der Waals surface area contributed by atoms with Crippen LogP contribution in [0, 0.1) is 0 Å². The van der Waals surface area contributed by atoms with E-state index in [4.69, 9.17) is 12.2 Å². The molecule has 4 nitrogen and oxygen atoms in total. The number of nitrogens with zero attached hydrogens (tertiary/aromatic N) is 3. The van der Waals surface area contributed by atoms with E-state index in [1.54, 1.807) is 0 Å². The van der Waals surface area contributed by atoms with Gasteiger partial charge in [0.15, 0.2) is 0 Å². The average molecular weight is 248 g/mol. The van der Waals surface area contributed by atoms with Crippen molar-refractivity contribution < 1.29 is 0 Å². The van der Waals surface area contributed by atoms with Gasteiger partial charge in [0.2, 0.25) is 0 Å². The zero-order valence-electron chi connectivity index (χ0n) is 6.81. The van der Waals surface area contributed by atoms with Crippen molar-refractivity contribution in [3.05, 3.63) is 0 Å². The van der Waals surface area contributed by atoms with E-state index in [1.165, 1.54) is 0 Å². The Balaban J connectivity index is 2.29. The standard InChI is InChI=1S/C6H9N4SSe/c1-9-3-4(8-5(12)7-3)10(2)6(9)11/h3-4H,1-2H3,(H,7,8)/t3-,4+. The van der Waals surface area contributed by atoms with Crippen LogP contribution in [0.1, 0.15) is 0 Å². The molecule has 2 rings (SSSR count). The molecule has 0 aromatic heterocycles. The molecule has 6 heteroatoms. The Morgan fingerprint density at radius 2 is 2.17 bits per heavy atom. The van der Waals surface area contributed by atoms with E-state index < -0.39 is 0 Å². The number of amidine groups is 1. The molecule has 0 spiro atoms. The van der Waals surface area contributed by atoms with E-state index >= 15 is 0 Å². The number of rotatable bonds is 0. The van der Waals surface area contributed by atoms with Crippen LogP contribution in [0.4, 0.5) is 0 Å². The molecule has 1 saturated heterocycles. The number of nitrogens with one attached hydrogen (secondary N) is 1. The molecule has 0 aliphatic carbocycles. The first-order valence-electron chi connectivity index (χ1n) is 3.62. The average Bonchev–Trinajstić information content (AvgIpc) is 2.49. The molecule has 65 valence electrons. The van der Waals surface area contributed by atoms with Gasteiger partial charge in [-0.1, -0.05) is 0 Å². The van der Waals surface area contributed by atoms with Crippen molar-refractivity contribution in [1.29, 1.82) is 0 Å². The van der Waals surface area contributed by atoms with Crippen LogP contribution in [0.25, 0.3) is 0 Å².